The molecule has 9 heteroatoms. The van der Waals surface area contributed by atoms with E-state index in [4.69, 9.17) is 9.39 Å². The molecule has 0 radical (unpaired) electrons. The summed E-state index contributed by atoms with van der Waals surface area (Å²) in [5.41, 5.74) is 6.02. The van der Waals surface area contributed by atoms with Crippen LogP contribution in [0.5, 0.6) is 11.5 Å². The number of carbonyl (C=O) groups excluding carboxylic acids is 2. The number of carbonyl (C=O) groups is 2. The third-order valence-electron chi connectivity index (χ3n) is 9.63. The normalized spacial score (nSPS) is 23.2. The zero-order chi connectivity index (χ0) is 32.4. The van der Waals surface area contributed by atoms with Gasteiger partial charge < -0.3 is 19.5 Å². The minimum absolute atomic E-state index is 0.134. The summed E-state index contributed by atoms with van der Waals surface area (Å²) in [7, 11) is -1.02. The second kappa shape index (κ2) is 14.0. The number of ether oxygens (including phenoxy) is 1. The van der Waals surface area contributed by atoms with Gasteiger partial charge in [0.25, 0.3) is 0 Å². The standard InChI is InChI=1S/C37H42BNO6S/c1-4-9-25(18-26-16-23(2)35(40)24(3)17-26)13-14-32-33-27(22-44-28-10-6-5-7-11-28)19-30-34(31(33)20-38(43)45-32)37(42)39(36(30)41)21-29-12-8-15-46-29/h5-8,10-12,15-18,30-32,34,40,43H,4,9,13-14,19-22H2,1-3H3/b25-18+/t30-,31+,32-,34-/m1/s1. The van der Waals surface area contributed by atoms with Gasteiger partial charge in [0.15, 0.2) is 0 Å². The van der Waals surface area contributed by atoms with Crippen LogP contribution in [0.4, 0.5) is 0 Å². The van der Waals surface area contributed by atoms with Gasteiger partial charge in [0.2, 0.25) is 11.8 Å². The number of aryl methyl sites for hydroxylation is 2. The van der Waals surface area contributed by atoms with E-state index >= 15 is 0 Å². The number of rotatable bonds is 11. The van der Waals surface area contributed by atoms with Gasteiger partial charge in [-0.3, -0.25) is 14.5 Å². The molecular formula is C37H42BNO6S. The summed E-state index contributed by atoms with van der Waals surface area (Å²) in [6, 6.07) is 17.5. The molecule has 6 rings (SSSR count). The highest BCUT2D eigenvalue weighted by Gasteiger charge is 2.57. The van der Waals surface area contributed by atoms with E-state index in [2.05, 4.69) is 13.0 Å². The molecule has 1 aromatic heterocycles. The molecule has 2 amide bonds. The highest BCUT2D eigenvalue weighted by atomic mass is 32.1. The first-order valence-electron chi connectivity index (χ1n) is 16.3. The van der Waals surface area contributed by atoms with Gasteiger partial charge in [-0.15, -0.1) is 11.3 Å². The maximum atomic E-state index is 14.0. The Balaban J connectivity index is 1.31. The molecule has 2 saturated heterocycles. The van der Waals surface area contributed by atoms with Gasteiger partial charge in [-0.2, -0.15) is 0 Å². The fourth-order valence-electron chi connectivity index (χ4n) is 7.58. The van der Waals surface area contributed by atoms with Crippen molar-refractivity contribution in [2.24, 2.45) is 17.8 Å². The van der Waals surface area contributed by atoms with Crippen molar-refractivity contribution >= 4 is 36.3 Å². The summed E-state index contributed by atoms with van der Waals surface area (Å²) in [5, 5.41) is 23.3. The molecule has 0 spiro atoms. The fraction of sp³-hybridized carbons (Fsp3) is 0.405. The van der Waals surface area contributed by atoms with Crippen LogP contribution >= 0.6 is 11.3 Å². The van der Waals surface area contributed by atoms with E-state index < -0.39 is 25.1 Å². The number of aromatic hydroxyl groups is 1. The molecule has 3 heterocycles. The van der Waals surface area contributed by atoms with Gasteiger partial charge in [-0.1, -0.05) is 49.3 Å². The molecule has 7 nitrogen and oxygen atoms in total. The zero-order valence-electron chi connectivity index (χ0n) is 26.8. The third kappa shape index (κ3) is 6.73. The summed E-state index contributed by atoms with van der Waals surface area (Å²) >= 11 is 1.54. The Morgan fingerprint density at radius 1 is 1.07 bits per heavy atom. The van der Waals surface area contributed by atoms with Crippen molar-refractivity contribution < 1.29 is 29.1 Å². The maximum absolute atomic E-state index is 14.0. The first-order chi connectivity index (χ1) is 22.2. The number of nitrogens with zero attached hydrogens (tertiary/aromatic N) is 1. The van der Waals surface area contributed by atoms with E-state index in [0.717, 1.165) is 57.7 Å². The lowest BCUT2D eigenvalue weighted by Gasteiger charge is -2.43. The van der Waals surface area contributed by atoms with Gasteiger partial charge in [-0.05, 0) is 115 Å². The predicted molar refractivity (Wildman–Crippen MR) is 181 cm³/mol. The van der Waals surface area contributed by atoms with Gasteiger partial charge >= 0.3 is 7.12 Å². The van der Waals surface area contributed by atoms with Gasteiger partial charge in [-0.25, -0.2) is 0 Å². The Morgan fingerprint density at radius 3 is 2.52 bits per heavy atom. The highest BCUT2D eigenvalue weighted by molar-refractivity contribution is 7.09. The van der Waals surface area contributed by atoms with E-state index in [9.17, 15) is 19.7 Å². The molecule has 3 aromatic rings. The third-order valence-corrected chi connectivity index (χ3v) is 10.5. The van der Waals surface area contributed by atoms with Crippen molar-refractivity contribution in [3.05, 3.63) is 98.3 Å². The fourth-order valence-corrected chi connectivity index (χ4v) is 8.27. The van der Waals surface area contributed by atoms with E-state index in [1.807, 2.05) is 73.8 Å². The topological polar surface area (TPSA) is 96.3 Å². The molecule has 2 aromatic carbocycles. The zero-order valence-corrected chi connectivity index (χ0v) is 27.6. The first kappa shape index (κ1) is 32.3. The van der Waals surface area contributed by atoms with E-state index in [-0.39, 0.29) is 30.6 Å². The van der Waals surface area contributed by atoms with Crippen molar-refractivity contribution in [2.45, 2.75) is 71.8 Å². The highest BCUT2D eigenvalue weighted by Crippen LogP contribution is 2.51. The second-order valence-electron chi connectivity index (χ2n) is 12.9. The molecule has 0 bridgehead atoms. The van der Waals surface area contributed by atoms with Crippen LogP contribution in [0.15, 0.2) is 76.7 Å². The molecule has 2 N–H and O–H groups in total. The SMILES string of the molecule is CCC/C(=C\c1cc(C)c(O)c(C)c1)CC[C@H]1OB(O)C[C@H]2C1=C(COc1ccccc1)C[C@H]1C(=O)N(Cc3cccs3)C(=O)[C@H]12. The number of thiophene rings is 1. The molecule has 0 saturated carbocycles. The molecule has 0 unspecified atom stereocenters. The van der Waals surface area contributed by atoms with Crippen LogP contribution in [0.25, 0.3) is 6.08 Å². The van der Waals surface area contributed by atoms with E-state index in [0.29, 0.717) is 25.2 Å². The summed E-state index contributed by atoms with van der Waals surface area (Å²) in [6.45, 7) is 6.56. The number of likely N-dealkylation sites (tertiary alicyclic amines) is 1. The number of allylic oxidation sites excluding steroid dienone is 1. The van der Waals surface area contributed by atoms with Crippen LogP contribution in [-0.4, -0.2) is 46.7 Å². The van der Waals surface area contributed by atoms with E-state index in [1.165, 1.54) is 21.8 Å². The van der Waals surface area contributed by atoms with E-state index in [1.54, 1.807) is 0 Å². The van der Waals surface area contributed by atoms with Crippen molar-refractivity contribution in [3.63, 3.8) is 0 Å². The Morgan fingerprint density at radius 2 is 1.83 bits per heavy atom. The molecule has 2 aliphatic heterocycles. The molecular weight excluding hydrogens is 597 g/mol. The lowest BCUT2D eigenvalue weighted by molar-refractivity contribution is -0.140. The summed E-state index contributed by atoms with van der Waals surface area (Å²) < 4.78 is 12.5. The average Bonchev–Trinajstić information content (AvgIpc) is 3.64. The van der Waals surface area contributed by atoms with Crippen molar-refractivity contribution in [1.29, 1.82) is 0 Å². The minimum atomic E-state index is -1.02. The van der Waals surface area contributed by atoms with Crippen LogP contribution in [-0.2, 0) is 20.8 Å². The number of imide groups is 1. The number of hydrogen-bond acceptors (Lipinski definition) is 7. The molecule has 240 valence electrons. The Labute approximate surface area is 275 Å². The van der Waals surface area contributed by atoms with Crippen LogP contribution in [0.1, 0.15) is 60.6 Å². The number of benzene rings is 2. The van der Waals surface area contributed by atoms with Crippen molar-refractivity contribution in [1.82, 2.24) is 4.90 Å². The Hall–Kier alpha value is -3.66. The summed E-state index contributed by atoms with van der Waals surface area (Å²) in [5.74, 6) is -0.505. The number of hydrogen-bond donors (Lipinski definition) is 2. The molecule has 3 aliphatic rings. The maximum Gasteiger partial charge on any atom is 0.455 e. The quantitative estimate of drug-likeness (QED) is 0.132. The van der Waals surface area contributed by atoms with Gasteiger partial charge in [0.05, 0.1) is 24.5 Å². The van der Waals surface area contributed by atoms with Gasteiger partial charge in [0.1, 0.15) is 18.1 Å². The molecule has 4 atom stereocenters. The monoisotopic (exact) mass is 639 g/mol. The predicted octanol–water partition coefficient (Wildman–Crippen LogP) is 7.11. The Bertz CT molecular complexity index is 1610. The Kier molecular flexibility index (Phi) is 9.82. The van der Waals surface area contributed by atoms with Crippen LogP contribution < -0.4 is 4.74 Å². The van der Waals surface area contributed by atoms with Crippen LogP contribution in [0.3, 0.4) is 0 Å². The number of phenols is 1. The van der Waals surface area contributed by atoms with Crippen LogP contribution in [0.2, 0.25) is 6.32 Å². The molecule has 1 aliphatic carbocycles. The summed E-state index contributed by atoms with van der Waals surface area (Å²) in [4.78, 5) is 30.2. The number of para-hydroxylation sites is 1. The minimum Gasteiger partial charge on any atom is -0.507 e. The van der Waals surface area contributed by atoms with Crippen molar-refractivity contribution in [3.8, 4) is 11.5 Å². The second-order valence-corrected chi connectivity index (χ2v) is 13.9. The molecule has 46 heavy (non-hydrogen) atoms. The smallest absolute Gasteiger partial charge is 0.455 e. The molecule has 2 fully saturated rings. The summed E-state index contributed by atoms with van der Waals surface area (Å²) in [6.07, 6.45) is 5.80. The number of phenolic OH excluding ortho intramolecular Hbond substituents is 1. The first-order valence-corrected chi connectivity index (χ1v) is 17.2. The van der Waals surface area contributed by atoms with Crippen molar-refractivity contribution in [2.75, 3.05) is 6.61 Å². The number of fused-ring (bicyclic) bond motifs is 3. The largest absolute Gasteiger partial charge is 0.507 e. The average molecular weight is 640 g/mol. The van der Waals surface area contributed by atoms with Crippen LogP contribution in [0, 0.1) is 31.6 Å². The lowest BCUT2D eigenvalue weighted by Crippen LogP contribution is -2.46. The van der Waals surface area contributed by atoms with Gasteiger partial charge in [0, 0.05) is 4.88 Å². The number of amides is 2. The lowest BCUT2D eigenvalue weighted by atomic mass is 9.58.